The summed E-state index contributed by atoms with van der Waals surface area (Å²) in [5.41, 5.74) is 0. The molecule has 0 aromatic carbocycles. The third kappa shape index (κ3) is 14.5. The van der Waals surface area contributed by atoms with E-state index in [1.165, 1.54) is 57.8 Å². The smallest absolute Gasteiger partial charge is 0.108 e. The maximum absolute atomic E-state index is 9.78. The lowest BCUT2D eigenvalue weighted by Crippen LogP contribution is -3.00. The molecule has 0 heterocycles. The second-order valence-corrected chi connectivity index (χ2v) is 5.56. The van der Waals surface area contributed by atoms with Crippen LogP contribution >= 0.6 is 0 Å². The van der Waals surface area contributed by atoms with Crippen molar-refractivity contribution in [2.75, 3.05) is 20.1 Å². The maximum atomic E-state index is 9.78. The van der Waals surface area contributed by atoms with Crippen LogP contribution in [-0.4, -0.2) is 30.0 Å². The lowest BCUT2D eigenvalue weighted by Gasteiger charge is -2.23. The number of halogens is 1. The first-order chi connectivity index (χ1) is 8.12. The van der Waals surface area contributed by atoms with Crippen LogP contribution in [0.15, 0.2) is 0 Å². The Morgan fingerprint density at radius 3 is 1.50 bits per heavy atom. The van der Waals surface area contributed by atoms with Crippen molar-refractivity contribution in [1.82, 2.24) is 0 Å². The highest BCUT2D eigenvalue weighted by molar-refractivity contribution is 4.47. The number of rotatable bonds is 12. The molecule has 0 rings (SSSR count). The first-order valence-electron chi connectivity index (χ1n) is 7.69. The minimum Gasteiger partial charge on any atom is -1.00 e. The summed E-state index contributed by atoms with van der Waals surface area (Å²) < 4.78 is 0.191. The molecule has 18 heavy (non-hydrogen) atoms. The Hall–Kier alpha value is 0.400. The van der Waals surface area contributed by atoms with E-state index < -0.39 is 0 Å². The average molecular weight is 324 g/mol. The Morgan fingerprint density at radius 2 is 1.11 bits per heavy atom. The summed E-state index contributed by atoms with van der Waals surface area (Å²) in [6.07, 6.45) is 13.6. The molecule has 1 unspecified atom stereocenters. The van der Waals surface area contributed by atoms with Gasteiger partial charge in [-0.15, -0.1) is 0 Å². The molecule has 112 valence electrons. The summed E-state index contributed by atoms with van der Waals surface area (Å²) in [6, 6.07) is 0. The highest BCUT2D eigenvalue weighted by atomic mass is 79.9. The summed E-state index contributed by atoms with van der Waals surface area (Å²) in [4.78, 5) is 0. The van der Waals surface area contributed by atoms with E-state index in [0.717, 1.165) is 19.5 Å². The van der Waals surface area contributed by atoms with Crippen molar-refractivity contribution in [3.8, 4) is 0 Å². The van der Waals surface area contributed by atoms with Crippen molar-refractivity contribution in [3.05, 3.63) is 0 Å². The SMILES string of the molecule is CCCCCCCCCCCC[N+](C)(O)CC.[Br-]. The van der Waals surface area contributed by atoms with E-state index in [1.54, 1.807) is 0 Å². The fourth-order valence-electron chi connectivity index (χ4n) is 2.10. The van der Waals surface area contributed by atoms with Gasteiger partial charge in [0.15, 0.2) is 0 Å². The lowest BCUT2D eigenvalue weighted by atomic mass is 10.1. The summed E-state index contributed by atoms with van der Waals surface area (Å²) in [5.74, 6) is 0. The molecule has 0 saturated heterocycles. The van der Waals surface area contributed by atoms with E-state index in [4.69, 9.17) is 0 Å². The van der Waals surface area contributed by atoms with Crippen LogP contribution < -0.4 is 17.0 Å². The molecule has 0 aliphatic carbocycles. The van der Waals surface area contributed by atoms with Crippen LogP contribution in [0.2, 0.25) is 0 Å². The van der Waals surface area contributed by atoms with Gasteiger partial charge in [0.2, 0.25) is 0 Å². The number of unbranched alkanes of at least 4 members (excludes halogenated alkanes) is 9. The minimum absolute atomic E-state index is 0. The molecule has 0 saturated carbocycles. The zero-order valence-electron chi connectivity index (χ0n) is 12.8. The highest BCUT2D eigenvalue weighted by Crippen LogP contribution is 2.11. The van der Waals surface area contributed by atoms with Crippen molar-refractivity contribution in [2.24, 2.45) is 0 Å². The largest absolute Gasteiger partial charge is 1.00 e. The Balaban J connectivity index is 0. The van der Waals surface area contributed by atoms with Crippen LogP contribution in [0.3, 0.4) is 0 Å². The molecule has 0 bridgehead atoms. The van der Waals surface area contributed by atoms with Gasteiger partial charge in [0, 0.05) is 0 Å². The third-order valence-electron chi connectivity index (χ3n) is 3.67. The van der Waals surface area contributed by atoms with Gasteiger partial charge in [-0.25, -0.2) is 5.21 Å². The van der Waals surface area contributed by atoms with Crippen LogP contribution in [-0.2, 0) is 0 Å². The number of quaternary nitrogens is 1. The lowest BCUT2D eigenvalue weighted by molar-refractivity contribution is -1.09. The predicted octanol–water partition coefficient (Wildman–Crippen LogP) is 1.77. The Morgan fingerprint density at radius 1 is 0.722 bits per heavy atom. The molecule has 0 fully saturated rings. The first-order valence-corrected chi connectivity index (χ1v) is 7.69. The Labute approximate surface area is 125 Å². The Bertz CT molecular complexity index is 163. The fourth-order valence-corrected chi connectivity index (χ4v) is 2.10. The van der Waals surface area contributed by atoms with Gasteiger partial charge in [-0.2, -0.15) is 4.65 Å². The number of nitrogens with zero attached hydrogens (tertiary/aromatic N) is 1. The average Bonchev–Trinajstić information content (AvgIpc) is 2.31. The molecule has 0 aliphatic heterocycles. The summed E-state index contributed by atoms with van der Waals surface area (Å²) in [5, 5.41) is 9.78. The van der Waals surface area contributed by atoms with E-state index in [0.29, 0.717) is 0 Å². The quantitative estimate of drug-likeness (QED) is 0.330. The first kappa shape index (κ1) is 20.7. The molecule has 0 aliphatic rings. The molecule has 1 atom stereocenters. The molecule has 0 radical (unpaired) electrons. The summed E-state index contributed by atoms with van der Waals surface area (Å²) >= 11 is 0. The van der Waals surface area contributed by atoms with Gasteiger partial charge in [0.1, 0.15) is 13.1 Å². The predicted molar refractivity (Wildman–Crippen MR) is 75.2 cm³/mol. The van der Waals surface area contributed by atoms with Crippen LogP contribution in [0.5, 0.6) is 0 Å². The molecular formula is C15H34BrNO. The number of hydrogen-bond donors (Lipinski definition) is 1. The van der Waals surface area contributed by atoms with Gasteiger partial charge in [0.05, 0.1) is 7.05 Å². The zero-order chi connectivity index (χ0) is 13.0. The van der Waals surface area contributed by atoms with E-state index in [9.17, 15) is 5.21 Å². The second kappa shape index (κ2) is 13.8. The second-order valence-electron chi connectivity index (χ2n) is 5.56. The van der Waals surface area contributed by atoms with Crippen LogP contribution in [0.1, 0.15) is 78.1 Å². The maximum Gasteiger partial charge on any atom is 0.108 e. The molecule has 0 aromatic rings. The monoisotopic (exact) mass is 323 g/mol. The van der Waals surface area contributed by atoms with Crippen molar-refractivity contribution < 1.29 is 26.8 Å². The third-order valence-corrected chi connectivity index (χ3v) is 3.67. The fraction of sp³-hybridized carbons (Fsp3) is 1.00. The number of hydroxylamine groups is 3. The normalized spacial score (nSPS) is 14.0. The van der Waals surface area contributed by atoms with Gasteiger partial charge < -0.3 is 17.0 Å². The van der Waals surface area contributed by atoms with Crippen molar-refractivity contribution >= 4 is 0 Å². The van der Waals surface area contributed by atoms with Crippen LogP contribution in [0.4, 0.5) is 0 Å². The standard InChI is InChI=1S/C15H34NO.BrH/c1-4-6-7-8-9-10-11-12-13-14-15-16(3,17)5-2;/h17H,4-15H2,1-3H3;1H/q+1;/p-1. The van der Waals surface area contributed by atoms with E-state index in [-0.39, 0.29) is 21.6 Å². The van der Waals surface area contributed by atoms with Crippen LogP contribution in [0.25, 0.3) is 0 Å². The molecular weight excluding hydrogens is 290 g/mol. The van der Waals surface area contributed by atoms with E-state index >= 15 is 0 Å². The van der Waals surface area contributed by atoms with Gasteiger partial charge in [0.25, 0.3) is 0 Å². The van der Waals surface area contributed by atoms with Gasteiger partial charge in [-0.3, -0.25) is 0 Å². The minimum atomic E-state index is 0. The summed E-state index contributed by atoms with van der Waals surface area (Å²) in [7, 11) is 1.90. The number of hydrogen-bond acceptors (Lipinski definition) is 1. The molecule has 0 spiro atoms. The van der Waals surface area contributed by atoms with Crippen molar-refractivity contribution in [3.63, 3.8) is 0 Å². The van der Waals surface area contributed by atoms with Gasteiger partial charge in [-0.05, 0) is 19.8 Å². The molecule has 3 heteroatoms. The summed E-state index contributed by atoms with van der Waals surface area (Å²) in [6.45, 7) is 6.03. The van der Waals surface area contributed by atoms with Gasteiger partial charge in [-0.1, -0.05) is 58.3 Å². The van der Waals surface area contributed by atoms with Crippen LogP contribution in [0, 0.1) is 0 Å². The topological polar surface area (TPSA) is 20.2 Å². The Kier molecular flexibility index (Phi) is 15.9. The molecule has 1 N–H and O–H groups in total. The molecule has 2 nitrogen and oxygen atoms in total. The van der Waals surface area contributed by atoms with Crippen molar-refractivity contribution in [1.29, 1.82) is 0 Å². The molecule has 0 amide bonds. The van der Waals surface area contributed by atoms with Crippen molar-refractivity contribution in [2.45, 2.75) is 78.1 Å². The van der Waals surface area contributed by atoms with E-state index in [2.05, 4.69) is 6.92 Å². The molecule has 0 aromatic heterocycles. The van der Waals surface area contributed by atoms with E-state index in [1.807, 2.05) is 14.0 Å². The van der Waals surface area contributed by atoms with Gasteiger partial charge >= 0.3 is 0 Å². The zero-order valence-corrected chi connectivity index (χ0v) is 14.3. The highest BCUT2D eigenvalue weighted by Gasteiger charge is 2.13.